The van der Waals surface area contributed by atoms with Gasteiger partial charge >= 0.3 is 17.9 Å². The normalized spacial score (nSPS) is 29.4. The molecule has 1 heterocycles. The first-order valence-electron chi connectivity index (χ1n) is 11.1. The molecule has 0 bridgehead atoms. The van der Waals surface area contributed by atoms with Crippen molar-refractivity contribution >= 4 is 17.9 Å². The Hall–Kier alpha value is -2.71. The zero-order chi connectivity index (χ0) is 24.7. The Morgan fingerprint density at radius 1 is 1.27 bits per heavy atom. The number of hydrogen-bond donors (Lipinski definition) is 2. The van der Waals surface area contributed by atoms with E-state index in [0.717, 1.165) is 5.57 Å². The van der Waals surface area contributed by atoms with Crippen LogP contribution >= 0.6 is 0 Å². The van der Waals surface area contributed by atoms with Crippen LogP contribution in [0, 0.1) is 11.8 Å². The van der Waals surface area contributed by atoms with E-state index in [9.17, 15) is 19.5 Å². The third-order valence-electron chi connectivity index (χ3n) is 5.68. The second-order valence-corrected chi connectivity index (χ2v) is 8.91. The Morgan fingerprint density at radius 2 is 1.97 bits per heavy atom. The molecule has 8 heteroatoms. The van der Waals surface area contributed by atoms with Gasteiger partial charge in [0, 0.05) is 24.8 Å². The molecule has 2 rings (SSSR count). The smallest absolute Gasteiger partial charge is 0.336 e. The highest BCUT2D eigenvalue weighted by atomic mass is 16.6. The molecule has 0 spiro atoms. The van der Waals surface area contributed by atoms with Crippen LogP contribution in [0.4, 0.5) is 0 Å². The zero-order valence-corrected chi connectivity index (χ0v) is 19.7. The third kappa shape index (κ3) is 7.14. The summed E-state index contributed by atoms with van der Waals surface area (Å²) in [7, 11) is 0. The summed E-state index contributed by atoms with van der Waals surface area (Å²) in [5.74, 6) is -2.07. The van der Waals surface area contributed by atoms with Crippen molar-refractivity contribution in [1.82, 2.24) is 0 Å². The van der Waals surface area contributed by atoms with Crippen molar-refractivity contribution in [3.63, 3.8) is 0 Å². The van der Waals surface area contributed by atoms with Crippen molar-refractivity contribution < 1.29 is 38.8 Å². The summed E-state index contributed by atoms with van der Waals surface area (Å²) in [5, 5.41) is 18.4. The van der Waals surface area contributed by atoms with Crippen molar-refractivity contribution in [3.8, 4) is 0 Å². The minimum absolute atomic E-state index is 0.0428. The molecule has 0 aromatic heterocycles. The number of carbonyl (C=O) groups excluding carboxylic acids is 3. The number of rotatable bonds is 7. The van der Waals surface area contributed by atoms with Crippen LogP contribution in [0.5, 0.6) is 0 Å². The zero-order valence-electron chi connectivity index (χ0n) is 19.7. The number of fused-ring (bicyclic) bond motifs is 1. The summed E-state index contributed by atoms with van der Waals surface area (Å²) in [4.78, 5) is 37.2. The molecule has 0 radical (unpaired) electrons. The fourth-order valence-corrected chi connectivity index (χ4v) is 3.90. The second kappa shape index (κ2) is 12.0. The fraction of sp³-hybridized carbons (Fsp3) is 0.560. The molecule has 182 valence electrons. The molecule has 0 saturated carbocycles. The van der Waals surface area contributed by atoms with Crippen molar-refractivity contribution in [2.24, 2.45) is 11.8 Å². The lowest BCUT2D eigenvalue weighted by Crippen LogP contribution is -2.34. The molecule has 1 aliphatic heterocycles. The van der Waals surface area contributed by atoms with Gasteiger partial charge in [0.1, 0.15) is 18.3 Å². The summed E-state index contributed by atoms with van der Waals surface area (Å²) < 4.78 is 16.9. The van der Waals surface area contributed by atoms with Crippen LogP contribution in [0.15, 0.2) is 47.1 Å². The van der Waals surface area contributed by atoms with Gasteiger partial charge < -0.3 is 24.4 Å². The molecule has 33 heavy (non-hydrogen) atoms. The first kappa shape index (κ1) is 26.5. The first-order valence-corrected chi connectivity index (χ1v) is 11.1. The van der Waals surface area contributed by atoms with Gasteiger partial charge in [-0.1, -0.05) is 32.1 Å². The molecule has 2 N–H and O–H groups in total. The Kier molecular flexibility index (Phi) is 9.61. The van der Waals surface area contributed by atoms with E-state index < -0.39 is 49.4 Å². The van der Waals surface area contributed by atoms with Crippen molar-refractivity contribution in [3.05, 3.63) is 47.1 Å². The minimum Gasteiger partial charge on any atom is -0.461 e. The standard InChI is InChI=1S/C25H34O8/c1-14(2)10-22(28)31-20-11-15(3)6-7-19(32-25(30)18(13-27)8-9-26)16(4)12-21-23(20)17(5)24(29)33-21/h6,8,12,14,19-21,23,26-27H,5,7,9-11,13H2,1-4H3/b15-6+,16-12-,18-8+/t19-,20+,21+,23+/m0/s1. The highest BCUT2D eigenvalue weighted by Gasteiger charge is 2.44. The summed E-state index contributed by atoms with van der Waals surface area (Å²) in [6, 6.07) is 0. The van der Waals surface area contributed by atoms with Gasteiger partial charge in [0.15, 0.2) is 0 Å². The summed E-state index contributed by atoms with van der Waals surface area (Å²) in [6.45, 7) is 10.4. The topological polar surface area (TPSA) is 119 Å². The van der Waals surface area contributed by atoms with Gasteiger partial charge in [-0.3, -0.25) is 4.79 Å². The van der Waals surface area contributed by atoms with E-state index in [-0.39, 0.29) is 29.5 Å². The van der Waals surface area contributed by atoms with Crippen molar-refractivity contribution in [1.29, 1.82) is 0 Å². The molecule has 1 saturated heterocycles. The second-order valence-electron chi connectivity index (χ2n) is 8.91. The van der Waals surface area contributed by atoms with Crippen LogP contribution in [-0.2, 0) is 28.6 Å². The number of esters is 3. The fourth-order valence-electron chi connectivity index (χ4n) is 3.90. The van der Waals surface area contributed by atoms with Gasteiger partial charge in [-0.15, -0.1) is 0 Å². The molecule has 0 amide bonds. The Morgan fingerprint density at radius 3 is 2.58 bits per heavy atom. The molecule has 2 aliphatic rings. The molecule has 1 aliphatic carbocycles. The summed E-state index contributed by atoms with van der Waals surface area (Å²) >= 11 is 0. The van der Waals surface area contributed by atoms with E-state index in [1.807, 2.05) is 26.8 Å². The Labute approximate surface area is 194 Å². The number of carbonyl (C=O) groups is 3. The first-order chi connectivity index (χ1) is 15.6. The van der Waals surface area contributed by atoms with E-state index in [0.29, 0.717) is 18.4 Å². The maximum atomic E-state index is 12.4. The van der Waals surface area contributed by atoms with Crippen LogP contribution in [0.2, 0.25) is 0 Å². The predicted octanol–water partition coefficient (Wildman–Crippen LogP) is 2.55. The Bertz CT molecular complexity index is 864. The van der Waals surface area contributed by atoms with Crippen molar-refractivity contribution in [2.75, 3.05) is 13.2 Å². The van der Waals surface area contributed by atoms with E-state index >= 15 is 0 Å². The van der Waals surface area contributed by atoms with Crippen molar-refractivity contribution in [2.45, 2.75) is 65.3 Å². The van der Waals surface area contributed by atoms with E-state index in [4.69, 9.17) is 19.3 Å². The average molecular weight is 463 g/mol. The summed E-state index contributed by atoms with van der Waals surface area (Å²) in [5.41, 5.74) is 1.73. The molecule has 8 nitrogen and oxygen atoms in total. The maximum Gasteiger partial charge on any atom is 0.336 e. The highest BCUT2D eigenvalue weighted by Crippen LogP contribution is 2.36. The minimum atomic E-state index is -0.739. The van der Waals surface area contributed by atoms with Crippen LogP contribution in [0.25, 0.3) is 0 Å². The van der Waals surface area contributed by atoms with Gasteiger partial charge in [0.05, 0.1) is 24.7 Å². The Balaban J connectivity index is 2.36. The van der Waals surface area contributed by atoms with E-state index in [1.54, 1.807) is 13.0 Å². The number of aliphatic hydroxyl groups is 2. The maximum absolute atomic E-state index is 12.4. The monoisotopic (exact) mass is 462 g/mol. The van der Waals surface area contributed by atoms with Gasteiger partial charge in [-0.25, -0.2) is 9.59 Å². The molecule has 0 aromatic carbocycles. The number of aliphatic hydroxyl groups excluding tert-OH is 2. The lowest BCUT2D eigenvalue weighted by Gasteiger charge is -2.29. The number of hydrogen-bond acceptors (Lipinski definition) is 8. The highest BCUT2D eigenvalue weighted by molar-refractivity contribution is 5.91. The largest absolute Gasteiger partial charge is 0.461 e. The lowest BCUT2D eigenvalue weighted by molar-refractivity contribution is -0.153. The van der Waals surface area contributed by atoms with Gasteiger partial charge in [-0.05, 0) is 37.5 Å². The SMILES string of the molecule is C=C1C(=O)O[C@@H]2/C=C(/C)[C@@H](OC(=O)/C(=C/CO)CO)C/C=C(\C)C[C@@H](OC(=O)CC(C)C)[C@@H]12. The molecular formula is C25H34O8. The van der Waals surface area contributed by atoms with Gasteiger partial charge in [0.25, 0.3) is 0 Å². The molecular weight excluding hydrogens is 428 g/mol. The van der Waals surface area contributed by atoms with Crippen LogP contribution in [0.1, 0.15) is 47.0 Å². The molecule has 0 unspecified atom stereocenters. The average Bonchev–Trinajstić information content (AvgIpc) is 3.00. The molecule has 0 aromatic rings. The number of ether oxygens (including phenoxy) is 3. The molecule has 4 atom stereocenters. The van der Waals surface area contributed by atoms with Crippen LogP contribution in [-0.4, -0.2) is 59.6 Å². The predicted molar refractivity (Wildman–Crippen MR) is 121 cm³/mol. The summed E-state index contributed by atoms with van der Waals surface area (Å²) in [6.07, 6.45) is 3.76. The van der Waals surface area contributed by atoms with Gasteiger partial charge in [0.2, 0.25) is 0 Å². The lowest BCUT2D eigenvalue weighted by atomic mass is 9.85. The van der Waals surface area contributed by atoms with Crippen LogP contribution < -0.4 is 0 Å². The van der Waals surface area contributed by atoms with E-state index in [1.165, 1.54) is 6.08 Å². The van der Waals surface area contributed by atoms with Crippen LogP contribution in [0.3, 0.4) is 0 Å². The molecule has 1 fully saturated rings. The quantitative estimate of drug-likeness (QED) is 0.256. The van der Waals surface area contributed by atoms with Gasteiger partial charge in [-0.2, -0.15) is 0 Å². The third-order valence-corrected chi connectivity index (χ3v) is 5.68. The van der Waals surface area contributed by atoms with E-state index in [2.05, 4.69) is 6.58 Å².